The third-order valence-corrected chi connectivity index (χ3v) is 4.71. The highest BCUT2D eigenvalue weighted by Crippen LogP contribution is 2.19. The van der Waals surface area contributed by atoms with Gasteiger partial charge in [-0.15, -0.1) is 0 Å². The van der Waals surface area contributed by atoms with Crippen molar-refractivity contribution in [3.63, 3.8) is 0 Å². The molecule has 1 heterocycles. The lowest BCUT2D eigenvalue weighted by Crippen LogP contribution is -2.30. The van der Waals surface area contributed by atoms with Crippen LogP contribution < -0.4 is 5.73 Å². The monoisotopic (exact) mass is 339 g/mol. The smallest absolute Gasteiger partial charge is 0.0307 e. The van der Waals surface area contributed by atoms with Gasteiger partial charge in [-0.25, -0.2) is 0 Å². The molecule has 0 radical (unpaired) electrons. The van der Waals surface area contributed by atoms with Gasteiger partial charge in [-0.2, -0.15) is 0 Å². The van der Waals surface area contributed by atoms with Crippen molar-refractivity contribution < 1.29 is 0 Å². The van der Waals surface area contributed by atoms with Crippen LogP contribution in [0.25, 0.3) is 0 Å². The van der Waals surface area contributed by atoms with Crippen molar-refractivity contribution in [2.45, 2.75) is 18.9 Å². The van der Waals surface area contributed by atoms with Gasteiger partial charge in [0.25, 0.3) is 0 Å². The number of hydrogen-bond acceptors (Lipinski definition) is 3. The van der Waals surface area contributed by atoms with Gasteiger partial charge in [0, 0.05) is 23.6 Å². The number of hydrogen-bond donors (Lipinski definition) is 1. The predicted octanol–water partition coefficient (Wildman–Crippen LogP) is 2.72. The minimum absolute atomic E-state index is 0.136. The zero-order valence-corrected chi connectivity index (χ0v) is 14.1. The molecule has 0 saturated carbocycles. The van der Waals surface area contributed by atoms with Crippen LogP contribution in [0.4, 0.5) is 0 Å². The molecule has 2 unspecified atom stereocenters. The van der Waals surface area contributed by atoms with E-state index in [1.807, 2.05) is 0 Å². The van der Waals surface area contributed by atoms with Crippen LogP contribution in [-0.4, -0.2) is 50.1 Å². The van der Waals surface area contributed by atoms with Crippen molar-refractivity contribution in [3.05, 3.63) is 34.3 Å². The number of halogens is 1. The molecule has 1 aliphatic heterocycles. The summed E-state index contributed by atoms with van der Waals surface area (Å²) in [6, 6.07) is 8.49. The minimum atomic E-state index is 0.136. The van der Waals surface area contributed by atoms with E-state index in [4.69, 9.17) is 5.73 Å². The Morgan fingerprint density at radius 1 is 1.40 bits per heavy atom. The van der Waals surface area contributed by atoms with Gasteiger partial charge in [-0.3, -0.25) is 0 Å². The fraction of sp³-hybridized carbons (Fsp3) is 0.625. The van der Waals surface area contributed by atoms with Crippen LogP contribution in [0.3, 0.4) is 0 Å². The molecule has 0 bridgehead atoms. The molecule has 3 nitrogen and oxygen atoms in total. The second kappa shape index (κ2) is 7.55. The Balaban J connectivity index is 1.72. The number of benzene rings is 1. The normalized spacial score (nSPS) is 21.6. The first-order valence-corrected chi connectivity index (χ1v) is 8.22. The molecule has 0 aliphatic carbocycles. The summed E-state index contributed by atoms with van der Waals surface area (Å²) in [4.78, 5) is 4.86. The molecule has 1 saturated heterocycles. The Bertz CT molecular complexity index is 407. The maximum Gasteiger partial charge on any atom is 0.0307 e. The Morgan fingerprint density at radius 2 is 2.10 bits per heavy atom. The number of nitrogens with zero attached hydrogens (tertiary/aromatic N) is 2. The first-order chi connectivity index (χ1) is 9.54. The third kappa shape index (κ3) is 4.85. The Morgan fingerprint density at radius 3 is 2.70 bits per heavy atom. The lowest BCUT2D eigenvalue weighted by molar-refractivity contribution is 0.265. The Labute approximate surface area is 131 Å². The zero-order chi connectivity index (χ0) is 14.5. The Kier molecular flexibility index (Phi) is 6.02. The largest absolute Gasteiger partial charge is 0.324 e. The van der Waals surface area contributed by atoms with Gasteiger partial charge in [0.05, 0.1) is 0 Å². The average Bonchev–Trinajstić information content (AvgIpc) is 2.82. The van der Waals surface area contributed by atoms with Crippen LogP contribution in [0.15, 0.2) is 28.7 Å². The van der Waals surface area contributed by atoms with Crippen molar-refractivity contribution in [1.29, 1.82) is 0 Å². The van der Waals surface area contributed by atoms with E-state index in [1.165, 1.54) is 31.6 Å². The molecule has 1 aromatic carbocycles. The summed E-state index contributed by atoms with van der Waals surface area (Å²) in [6.45, 7) is 4.74. The van der Waals surface area contributed by atoms with Crippen molar-refractivity contribution >= 4 is 15.9 Å². The summed E-state index contributed by atoms with van der Waals surface area (Å²) >= 11 is 3.46. The standard InChI is InChI=1S/C16H26BrN3/c1-19-9-7-13(11-19)12-20(2)10-8-16(18)14-3-5-15(17)6-4-14/h3-6,13,16H,7-12,18H2,1-2H3. The second-order valence-electron chi connectivity index (χ2n) is 6.13. The van der Waals surface area contributed by atoms with Gasteiger partial charge in [-0.05, 0) is 63.6 Å². The molecule has 1 fully saturated rings. The molecule has 1 aromatic rings. The van der Waals surface area contributed by atoms with Gasteiger partial charge in [0.1, 0.15) is 0 Å². The predicted molar refractivity (Wildman–Crippen MR) is 88.8 cm³/mol. The van der Waals surface area contributed by atoms with Gasteiger partial charge in [0.2, 0.25) is 0 Å². The average molecular weight is 340 g/mol. The van der Waals surface area contributed by atoms with Crippen LogP contribution in [0.2, 0.25) is 0 Å². The van der Waals surface area contributed by atoms with E-state index in [2.05, 4.69) is 64.1 Å². The van der Waals surface area contributed by atoms with E-state index in [-0.39, 0.29) is 6.04 Å². The summed E-state index contributed by atoms with van der Waals surface area (Å²) in [5.41, 5.74) is 7.50. The maximum atomic E-state index is 6.27. The van der Waals surface area contributed by atoms with Crippen molar-refractivity contribution in [1.82, 2.24) is 9.80 Å². The van der Waals surface area contributed by atoms with Crippen LogP contribution in [0, 0.1) is 5.92 Å². The second-order valence-corrected chi connectivity index (χ2v) is 7.04. The van der Waals surface area contributed by atoms with E-state index in [0.29, 0.717) is 0 Å². The number of nitrogens with two attached hydrogens (primary N) is 1. The molecule has 0 spiro atoms. The summed E-state index contributed by atoms with van der Waals surface area (Å²) in [5.74, 6) is 0.828. The van der Waals surface area contributed by atoms with Crippen LogP contribution in [0.1, 0.15) is 24.4 Å². The highest BCUT2D eigenvalue weighted by Gasteiger charge is 2.20. The third-order valence-electron chi connectivity index (χ3n) is 4.18. The zero-order valence-electron chi connectivity index (χ0n) is 12.6. The van der Waals surface area contributed by atoms with Gasteiger partial charge >= 0.3 is 0 Å². The molecular weight excluding hydrogens is 314 g/mol. The van der Waals surface area contributed by atoms with Crippen LogP contribution >= 0.6 is 15.9 Å². The molecular formula is C16H26BrN3. The van der Waals surface area contributed by atoms with Crippen LogP contribution in [0.5, 0.6) is 0 Å². The molecule has 2 atom stereocenters. The summed E-state index contributed by atoms with van der Waals surface area (Å²) in [7, 11) is 4.43. The quantitative estimate of drug-likeness (QED) is 0.864. The summed E-state index contributed by atoms with van der Waals surface area (Å²) in [5, 5.41) is 0. The fourth-order valence-corrected chi connectivity index (χ4v) is 3.21. The van der Waals surface area contributed by atoms with Crippen LogP contribution in [-0.2, 0) is 0 Å². The first-order valence-electron chi connectivity index (χ1n) is 7.42. The van der Waals surface area contributed by atoms with Crippen molar-refractivity contribution in [2.24, 2.45) is 11.7 Å². The lowest BCUT2D eigenvalue weighted by atomic mass is 10.0. The molecule has 20 heavy (non-hydrogen) atoms. The van der Waals surface area contributed by atoms with E-state index in [0.717, 1.165) is 23.4 Å². The van der Waals surface area contributed by atoms with Crippen molar-refractivity contribution in [3.8, 4) is 0 Å². The maximum absolute atomic E-state index is 6.27. The summed E-state index contributed by atoms with van der Waals surface area (Å²) < 4.78 is 1.11. The van der Waals surface area contributed by atoms with E-state index in [1.54, 1.807) is 0 Å². The molecule has 2 rings (SSSR count). The highest BCUT2D eigenvalue weighted by molar-refractivity contribution is 9.10. The molecule has 1 aliphatic rings. The number of rotatable bonds is 6. The molecule has 0 amide bonds. The molecule has 112 valence electrons. The SMILES string of the molecule is CN1CCC(CN(C)CCC(N)c2ccc(Br)cc2)C1. The van der Waals surface area contributed by atoms with Gasteiger partial charge in [0.15, 0.2) is 0 Å². The van der Waals surface area contributed by atoms with E-state index >= 15 is 0 Å². The van der Waals surface area contributed by atoms with E-state index in [9.17, 15) is 0 Å². The highest BCUT2D eigenvalue weighted by atomic mass is 79.9. The Hall–Kier alpha value is -0.420. The molecule has 4 heteroatoms. The van der Waals surface area contributed by atoms with Gasteiger partial charge < -0.3 is 15.5 Å². The van der Waals surface area contributed by atoms with Crippen molar-refractivity contribution in [2.75, 3.05) is 40.3 Å². The number of likely N-dealkylation sites (tertiary alicyclic amines) is 1. The lowest BCUT2D eigenvalue weighted by Gasteiger charge is -2.22. The molecule has 0 aromatic heterocycles. The topological polar surface area (TPSA) is 32.5 Å². The van der Waals surface area contributed by atoms with E-state index < -0.39 is 0 Å². The first kappa shape index (κ1) is 16.0. The fourth-order valence-electron chi connectivity index (χ4n) is 2.94. The summed E-state index contributed by atoms with van der Waals surface area (Å²) in [6.07, 6.45) is 2.35. The minimum Gasteiger partial charge on any atom is -0.324 e. The molecule has 2 N–H and O–H groups in total. The van der Waals surface area contributed by atoms with Gasteiger partial charge in [-0.1, -0.05) is 28.1 Å².